The Hall–Kier alpha value is -3.44. The normalized spacial score (nSPS) is 20.2. The van der Waals surface area contributed by atoms with E-state index in [2.05, 4.69) is 16.9 Å². The first-order chi connectivity index (χ1) is 19.0. The molecule has 1 saturated heterocycles. The van der Waals surface area contributed by atoms with Gasteiger partial charge in [0.1, 0.15) is 6.33 Å². The maximum absolute atomic E-state index is 13.5. The summed E-state index contributed by atoms with van der Waals surface area (Å²) in [5.74, 6) is -0.601. The number of aryl methyl sites for hydroxylation is 1. The van der Waals surface area contributed by atoms with Crippen molar-refractivity contribution in [2.45, 2.75) is 51.0 Å². The van der Waals surface area contributed by atoms with Gasteiger partial charge in [-0.2, -0.15) is 0 Å². The van der Waals surface area contributed by atoms with Gasteiger partial charge in [-0.25, -0.2) is 9.97 Å². The van der Waals surface area contributed by atoms with Gasteiger partial charge in [0.25, 0.3) is 0 Å². The number of benzene rings is 1. The van der Waals surface area contributed by atoms with Gasteiger partial charge in [0.15, 0.2) is 11.5 Å². The lowest BCUT2D eigenvalue weighted by atomic mass is 9.83. The molecule has 3 atom stereocenters. The fourth-order valence-electron chi connectivity index (χ4n) is 5.56. The van der Waals surface area contributed by atoms with Gasteiger partial charge >= 0.3 is 5.97 Å². The molecule has 0 radical (unpaired) electrons. The van der Waals surface area contributed by atoms with Crippen molar-refractivity contribution in [2.75, 3.05) is 46.7 Å². The first kappa shape index (κ1) is 28.6. The van der Waals surface area contributed by atoms with Gasteiger partial charge in [-0.3, -0.25) is 14.5 Å². The summed E-state index contributed by atoms with van der Waals surface area (Å²) in [5.41, 5.74) is 1.59. The number of methoxy groups -OCH3 is 1. The zero-order valence-corrected chi connectivity index (χ0v) is 22.6. The highest BCUT2D eigenvalue weighted by Gasteiger charge is 2.47. The third kappa shape index (κ3) is 6.77. The highest BCUT2D eigenvalue weighted by Crippen LogP contribution is 2.47. The molecule has 11 nitrogen and oxygen atoms in total. The minimum absolute atomic E-state index is 0.0102. The molecule has 0 saturated carbocycles. The van der Waals surface area contributed by atoms with Gasteiger partial charge in [0.2, 0.25) is 18.4 Å². The zero-order valence-electron chi connectivity index (χ0n) is 22.6. The van der Waals surface area contributed by atoms with Crippen LogP contribution in [0.4, 0.5) is 0 Å². The highest BCUT2D eigenvalue weighted by molar-refractivity contribution is 5.79. The number of aromatic nitrogens is 2. The average Bonchev–Trinajstić information content (AvgIpc) is 3.56. The molecule has 1 aromatic carbocycles. The molecule has 1 aromatic heterocycles. The van der Waals surface area contributed by atoms with Crippen LogP contribution in [0.3, 0.4) is 0 Å². The molecule has 2 aliphatic rings. The Balaban J connectivity index is 1.63. The molecule has 0 bridgehead atoms. The average molecular weight is 543 g/mol. The van der Waals surface area contributed by atoms with E-state index < -0.39 is 23.8 Å². The number of aliphatic hydroxyl groups excluding tert-OH is 1. The molecule has 3 heterocycles. The Kier molecular flexibility index (Phi) is 9.94. The number of fused-ring (bicyclic) bond motifs is 1. The molecule has 212 valence electrons. The number of aliphatic carboxylic acids is 1. The number of hydrogen-bond donors (Lipinski definition) is 2. The quantitative estimate of drug-likeness (QED) is 0.366. The van der Waals surface area contributed by atoms with Crippen molar-refractivity contribution in [2.24, 2.45) is 5.92 Å². The third-order valence-electron chi connectivity index (χ3n) is 7.54. The van der Waals surface area contributed by atoms with E-state index in [1.54, 1.807) is 11.1 Å². The number of carboxylic acid groups (broad SMARTS) is 1. The lowest BCUT2D eigenvalue weighted by molar-refractivity contribution is -0.143. The SMILES string of the molecule is CCCCN(CCCO)C(=O)CN1CC(c2cc(OC)c3c(c2)OCO3)C(C(=O)O)C1CCc1ccncn1. The lowest BCUT2D eigenvalue weighted by Crippen LogP contribution is -2.45. The van der Waals surface area contributed by atoms with Crippen LogP contribution in [0.2, 0.25) is 0 Å². The highest BCUT2D eigenvalue weighted by atomic mass is 16.7. The van der Waals surface area contributed by atoms with E-state index in [0.717, 1.165) is 24.1 Å². The van der Waals surface area contributed by atoms with Crippen LogP contribution in [0.15, 0.2) is 30.7 Å². The predicted molar refractivity (Wildman–Crippen MR) is 142 cm³/mol. The summed E-state index contributed by atoms with van der Waals surface area (Å²) in [4.78, 5) is 38.3. The second-order valence-electron chi connectivity index (χ2n) is 9.98. The van der Waals surface area contributed by atoms with E-state index in [0.29, 0.717) is 56.1 Å². The summed E-state index contributed by atoms with van der Waals surface area (Å²) in [5, 5.41) is 19.8. The maximum Gasteiger partial charge on any atom is 0.308 e. The molecule has 2 aromatic rings. The second kappa shape index (κ2) is 13.6. The number of nitrogens with zero attached hydrogens (tertiary/aromatic N) is 4. The van der Waals surface area contributed by atoms with Crippen molar-refractivity contribution in [3.05, 3.63) is 42.0 Å². The largest absolute Gasteiger partial charge is 0.493 e. The van der Waals surface area contributed by atoms with Crippen molar-refractivity contribution >= 4 is 11.9 Å². The lowest BCUT2D eigenvalue weighted by Gasteiger charge is -2.29. The van der Waals surface area contributed by atoms with E-state index in [4.69, 9.17) is 14.2 Å². The van der Waals surface area contributed by atoms with Crippen LogP contribution in [0.1, 0.15) is 49.8 Å². The topological polar surface area (TPSA) is 135 Å². The van der Waals surface area contributed by atoms with Crippen LogP contribution in [0, 0.1) is 5.92 Å². The number of rotatable bonds is 14. The summed E-state index contributed by atoms with van der Waals surface area (Å²) in [6.07, 6.45) is 6.54. The van der Waals surface area contributed by atoms with Gasteiger partial charge in [0.05, 0.1) is 19.6 Å². The van der Waals surface area contributed by atoms with Crippen molar-refractivity contribution < 1.29 is 34.0 Å². The molecule has 0 spiro atoms. The van der Waals surface area contributed by atoms with Gasteiger partial charge < -0.3 is 29.3 Å². The standard InChI is InChI=1S/C28H38N4O7/c1-3-4-10-31(11-5-12-33)25(34)16-32-15-21(19-13-23(37-2)27-24(14-19)38-18-39-27)26(28(35)36)22(32)7-6-20-8-9-29-17-30-20/h8-9,13-14,17,21-22,26,33H,3-7,10-12,15-16,18H2,1-2H3,(H,35,36). The summed E-state index contributed by atoms with van der Waals surface area (Å²) in [7, 11) is 1.54. The Morgan fingerprint density at radius 3 is 2.74 bits per heavy atom. The third-order valence-corrected chi connectivity index (χ3v) is 7.54. The van der Waals surface area contributed by atoms with Crippen LogP contribution in [0.25, 0.3) is 0 Å². The van der Waals surface area contributed by atoms with Gasteiger partial charge in [-0.1, -0.05) is 13.3 Å². The van der Waals surface area contributed by atoms with Crippen molar-refractivity contribution in [3.63, 3.8) is 0 Å². The van der Waals surface area contributed by atoms with E-state index in [1.807, 2.05) is 23.1 Å². The van der Waals surface area contributed by atoms with Crippen molar-refractivity contribution in [3.8, 4) is 17.2 Å². The molecule has 2 aliphatic heterocycles. The number of likely N-dealkylation sites (tertiary alicyclic amines) is 1. The van der Waals surface area contributed by atoms with E-state index >= 15 is 0 Å². The van der Waals surface area contributed by atoms with E-state index in [-0.39, 0.29) is 25.9 Å². The van der Waals surface area contributed by atoms with Crippen LogP contribution >= 0.6 is 0 Å². The Morgan fingerprint density at radius 1 is 1.23 bits per heavy atom. The zero-order chi connectivity index (χ0) is 27.8. The number of carboxylic acids is 1. The molecule has 1 fully saturated rings. The monoisotopic (exact) mass is 542 g/mol. The summed E-state index contributed by atoms with van der Waals surface area (Å²) < 4.78 is 16.7. The van der Waals surface area contributed by atoms with Gasteiger partial charge in [-0.05, 0) is 49.4 Å². The number of unbranched alkanes of at least 4 members (excludes halogenated alkanes) is 1. The molecule has 3 unspecified atom stereocenters. The fourth-order valence-corrected chi connectivity index (χ4v) is 5.56. The predicted octanol–water partition coefficient (Wildman–Crippen LogP) is 2.33. The van der Waals surface area contributed by atoms with Gasteiger partial charge in [0, 0.05) is 50.1 Å². The Morgan fingerprint density at radius 2 is 2.05 bits per heavy atom. The molecular weight excluding hydrogens is 504 g/mol. The molecule has 39 heavy (non-hydrogen) atoms. The van der Waals surface area contributed by atoms with Crippen LogP contribution in [-0.4, -0.2) is 94.6 Å². The molecule has 2 N–H and O–H groups in total. The van der Waals surface area contributed by atoms with Crippen LogP contribution < -0.4 is 14.2 Å². The first-order valence-corrected chi connectivity index (χ1v) is 13.5. The summed E-state index contributed by atoms with van der Waals surface area (Å²) in [6, 6.07) is 5.07. The maximum atomic E-state index is 13.5. The van der Waals surface area contributed by atoms with E-state index in [9.17, 15) is 19.8 Å². The van der Waals surface area contributed by atoms with Crippen LogP contribution in [0.5, 0.6) is 17.2 Å². The summed E-state index contributed by atoms with van der Waals surface area (Å²) in [6.45, 7) is 3.73. The summed E-state index contributed by atoms with van der Waals surface area (Å²) >= 11 is 0. The minimum Gasteiger partial charge on any atom is -0.493 e. The fraction of sp³-hybridized carbons (Fsp3) is 0.571. The van der Waals surface area contributed by atoms with Crippen molar-refractivity contribution in [1.29, 1.82) is 0 Å². The number of amides is 1. The number of aliphatic hydroxyl groups is 1. The van der Waals surface area contributed by atoms with Gasteiger partial charge in [-0.15, -0.1) is 0 Å². The Bertz CT molecular complexity index is 1110. The number of carbonyl (C=O) groups is 2. The molecule has 4 rings (SSSR count). The second-order valence-corrected chi connectivity index (χ2v) is 9.98. The van der Waals surface area contributed by atoms with E-state index in [1.165, 1.54) is 13.4 Å². The smallest absolute Gasteiger partial charge is 0.308 e. The van der Waals surface area contributed by atoms with Crippen LogP contribution in [-0.2, 0) is 16.0 Å². The molecular formula is C28H38N4O7. The molecule has 1 amide bonds. The number of carbonyl (C=O) groups excluding carboxylic acids is 1. The molecule has 0 aliphatic carbocycles. The first-order valence-electron chi connectivity index (χ1n) is 13.5. The molecule has 11 heteroatoms. The number of hydrogen-bond acceptors (Lipinski definition) is 9. The minimum atomic E-state index is -0.914. The van der Waals surface area contributed by atoms with Crippen molar-refractivity contribution in [1.82, 2.24) is 19.8 Å². The number of ether oxygens (including phenoxy) is 3. The Labute approximate surface area is 228 Å².